The number of hydrogen-bond acceptors (Lipinski definition) is 6. The molecule has 2 aliphatic heterocycles. The summed E-state index contributed by atoms with van der Waals surface area (Å²) in [5, 5.41) is 2.87. The summed E-state index contributed by atoms with van der Waals surface area (Å²) in [6.07, 6.45) is 6.51. The molecule has 3 fully saturated rings. The number of ether oxygens (including phenoxy) is 1. The first kappa shape index (κ1) is 20.2. The van der Waals surface area contributed by atoms with E-state index in [-0.39, 0.29) is 24.5 Å². The lowest BCUT2D eigenvalue weighted by Gasteiger charge is -2.38. The largest absolute Gasteiger partial charge is 0.365 e. The summed E-state index contributed by atoms with van der Waals surface area (Å²) in [5.41, 5.74) is 0.346. The van der Waals surface area contributed by atoms with Gasteiger partial charge in [0.05, 0.1) is 6.10 Å². The fourth-order valence-electron chi connectivity index (χ4n) is 4.19. The molecule has 158 valence electrons. The van der Waals surface area contributed by atoms with Gasteiger partial charge < -0.3 is 19.9 Å². The van der Waals surface area contributed by atoms with Crippen molar-refractivity contribution < 1.29 is 14.3 Å². The van der Waals surface area contributed by atoms with Crippen LogP contribution in [-0.4, -0.2) is 83.6 Å². The number of aromatic nitrogens is 2. The second-order valence-corrected chi connectivity index (χ2v) is 8.62. The lowest BCUT2D eigenvalue weighted by molar-refractivity contribution is -0.149. The Morgan fingerprint density at radius 1 is 1.21 bits per heavy atom. The third-order valence-electron chi connectivity index (χ3n) is 6.12. The maximum absolute atomic E-state index is 12.3. The van der Waals surface area contributed by atoms with Crippen LogP contribution in [0.25, 0.3) is 0 Å². The fraction of sp³-hybridized carbons (Fsp3) is 0.714. The lowest BCUT2D eigenvalue weighted by atomic mass is 9.95. The highest BCUT2D eigenvalue weighted by atomic mass is 16.5. The molecule has 0 spiro atoms. The zero-order valence-corrected chi connectivity index (χ0v) is 17.2. The SMILES string of the molecule is Cc1nccc(C(=O)NC[C@H]2CN(CC3CCN(CC4CC4)CC3)C(=O)CO2)n1. The standard InChI is InChI=1S/C21H31N5O3/c1-15-22-7-4-19(24-15)21(28)23-10-18-13-26(20(27)14-29-18)12-17-5-8-25(9-6-17)11-16-2-3-16/h4,7,16-18H,2-3,5-6,8-14H2,1H3,(H,23,28)/t18-/m0/s1. The quantitative estimate of drug-likeness (QED) is 0.729. The molecule has 2 saturated heterocycles. The number of likely N-dealkylation sites (tertiary alicyclic amines) is 1. The van der Waals surface area contributed by atoms with Crippen LogP contribution >= 0.6 is 0 Å². The first-order valence-electron chi connectivity index (χ1n) is 10.8. The first-order valence-corrected chi connectivity index (χ1v) is 10.8. The molecule has 8 nitrogen and oxygen atoms in total. The van der Waals surface area contributed by atoms with E-state index in [4.69, 9.17) is 4.74 Å². The van der Waals surface area contributed by atoms with Gasteiger partial charge in [-0.3, -0.25) is 9.59 Å². The van der Waals surface area contributed by atoms with E-state index in [0.29, 0.717) is 30.5 Å². The Bertz CT molecular complexity index is 731. The summed E-state index contributed by atoms with van der Waals surface area (Å²) >= 11 is 0. The van der Waals surface area contributed by atoms with E-state index in [1.807, 2.05) is 4.90 Å². The van der Waals surface area contributed by atoms with Crippen molar-refractivity contribution in [3.63, 3.8) is 0 Å². The van der Waals surface area contributed by atoms with E-state index in [0.717, 1.165) is 38.4 Å². The molecule has 29 heavy (non-hydrogen) atoms. The van der Waals surface area contributed by atoms with Crippen LogP contribution in [0.15, 0.2) is 12.3 Å². The van der Waals surface area contributed by atoms with Gasteiger partial charge in [-0.2, -0.15) is 0 Å². The van der Waals surface area contributed by atoms with Gasteiger partial charge in [0.1, 0.15) is 18.1 Å². The summed E-state index contributed by atoms with van der Waals surface area (Å²) < 4.78 is 5.64. The van der Waals surface area contributed by atoms with Crippen molar-refractivity contribution in [3.05, 3.63) is 23.8 Å². The summed E-state index contributed by atoms with van der Waals surface area (Å²) in [4.78, 5) is 37.2. The molecule has 8 heteroatoms. The highest BCUT2D eigenvalue weighted by Crippen LogP contribution is 2.31. The van der Waals surface area contributed by atoms with Crippen molar-refractivity contribution in [1.29, 1.82) is 0 Å². The molecule has 1 aromatic heterocycles. The zero-order valence-electron chi connectivity index (χ0n) is 17.2. The third-order valence-corrected chi connectivity index (χ3v) is 6.12. The van der Waals surface area contributed by atoms with Crippen molar-refractivity contribution in [1.82, 2.24) is 25.1 Å². The predicted octanol–water partition coefficient (Wildman–Crippen LogP) is 0.864. The minimum Gasteiger partial charge on any atom is -0.365 e. The lowest BCUT2D eigenvalue weighted by Crippen LogP contribution is -2.52. The van der Waals surface area contributed by atoms with E-state index in [2.05, 4.69) is 20.2 Å². The average molecular weight is 402 g/mol. The first-order chi connectivity index (χ1) is 14.1. The summed E-state index contributed by atoms with van der Waals surface area (Å²) in [5.74, 6) is 1.87. The van der Waals surface area contributed by atoms with Crippen LogP contribution in [0.1, 0.15) is 42.0 Å². The average Bonchev–Trinajstić information content (AvgIpc) is 3.54. The monoisotopic (exact) mass is 401 g/mol. The number of morpholine rings is 1. The number of piperidine rings is 1. The van der Waals surface area contributed by atoms with Crippen molar-refractivity contribution in [2.24, 2.45) is 11.8 Å². The van der Waals surface area contributed by atoms with Crippen molar-refractivity contribution >= 4 is 11.8 Å². The predicted molar refractivity (Wildman–Crippen MR) is 107 cm³/mol. The summed E-state index contributed by atoms with van der Waals surface area (Å²) in [6, 6.07) is 1.59. The molecule has 1 aliphatic carbocycles. The van der Waals surface area contributed by atoms with Gasteiger partial charge in [0.2, 0.25) is 5.91 Å². The molecule has 4 rings (SSSR count). The van der Waals surface area contributed by atoms with Crippen LogP contribution in [-0.2, 0) is 9.53 Å². The van der Waals surface area contributed by atoms with Gasteiger partial charge in [-0.15, -0.1) is 0 Å². The Balaban J connectivity index is 1.21. The van der Waals surface area contributed by atoms with Gasteiger partial charge in [0, 0.05) is 32.4 Å². The second-order valence-electron chi connectivity index (χ2n) is 8.62. The Kier molecular flexibility index (Phi) is 6.40. The molecule has 0 aromatic carbocycles. The molecule has 1 atom stereocenters. The molecule has 0 bridgehead atoms. The second kappa shape index (κ2) is 9.17. The van der Waals surface area contributed by atoms with Crippen LogP contribution in [0.3, 0.4) is 0 Å². The van der Waals surface area contributed by atoms with E-state index in [1.165, 1.54) is 19.4 Å². The number of hydrogen-bond donors (Lipinski definition) is 1. The van der Waals surface area contributed by atoms with Gasteiger partial charge in [-0.25, -0.2) is 9.97 Å². The van der Waals surface area contributed by atoms with Gasteiger partial charge in [-0.05, 0) is 63.6 Å². The minimum atomic E-state index is -0.245. The molecule has 1 N–H and O–H groups in total. The van der Waals surface area contributed by atoms with Gasteiger partial charge in [0.15, 0.2) is 0 Å². The van der Waals surface area contributed by atoms with E-state index in [1.54, 1.807) is 19.2 Å². The number of carbonyl (C=O) groups is 2. The van der Waals surface area contributed by atoms with Gasteiger partial charge >= 0.3 is 0 Å². The van der Waals surface area contributed by atoms with E-state index in [9.17, 15) is 9.59 Å². The molecule has 3 aliphatic rings. The van der Waals surface area contributed by atoms with E-state index >= 15 is 0 Å². The highest BCUT2D eigenvalue weighted by molar-refractivity contribution is 5.92. The maximum atomic E-state index is 12.3. The normalized spacial score (nSPS) is 24.0. The number of nitrogens with zero attached hydrogens (tertiary/aromatic N) is 4. The summed E-state index contributed by atoms with van der Waals surface area (Å²) in [6.45, 7) is 7.10. The molecule has 1 aromatic rings. The third kappa shape index (κ3) is 5.73. The molecular weight excluding hydrogens is 370 g/mol. The number of rotatable bonds is 7. The van der Waals surface area contributed by atoms with Gasteiger partial charge in [0.25, 0.3) is 5.91 Å². The molecular formula is C21H31N5O3. The Morgan fingerprint density at radius 3 is 2.69 bits per heavy atom. The Labute approximate surface area is 172 Å². The minimum absolute atomic E-state index is 0.0550. The van der Waals surface area contributed by atoms with E-state index < -0.39 is 0 Å². The zero-order chi connectivity index (χ0) is 20.2. The topological polar surface area (TPSA) is 87.7 Å². The molecule has 0 unspecified atom stereocenters. The van der Waals surface area contributed by atoms with Crippen LogP contribution in [0.4, 0.5) is 0 Å². The molecule has 1 saturated carbocycles. The highest BCUT2D eigenvalue weighted by Gasteiger charge is 2.31. The maximum Gasteiger partial charge on any atom is 0.270 e. The molecule has 2 amide bonds. The molecule has 3 heterocycles. The number of nitrogens with one attached hydrogen (secondary N) is 1. The number of aryl methyl sites for hydroxylation is 1. The van der Waals surface area contributed by atoms with Crippen molar-refractivity contribution in [2.75, 3.05) is 45.9 Å². The fourth-order valence-corrected chi connectivity index (χ4v) is 4.19. The number of amides is 2. The smallest absolute Gasteiger partial charge is 0.270 e. The van der Waals surface area contributed by atoms with Crippen LogP contribution < -0.4 is 5.32 Å². The van der Waals surface area contributed by atoms with Crippen molar-refractivity contribution in [2.45, 2.75) is 38.7 Å². The van der Waals surface area contributed by atoms with Crippen LogP contribution in [0.2, 0.25) is 0 Å². The van der Waals surface area contributed by atoms with Gasteiger partial charge in [-0.1, -0.05) is 0 Å². The molecule has 0 radical (unpaired) electrons. The Morgan fingerprint density at radius 2 is 1.97 bits per heavy atom. The van der Waals surface area contributed by atoms with Crippen LogP contribution in [0, 0.1) is 18.8 Å². The number of carbonyl (C=O) groups excluding carboxylic acids is 2. The Hall–Kier alpha value is -2.06. The summed E-state index contributed by atoms with van der Waals surface area (Å²) in [7, 11) is 0. The van der Waals surface area contributed by atoms with Crippen molar-refractivity contribution in [3.8, 4) is 0 Å². The van der Waals surface area contributed by atoms with Crippen LogP contribution in [0.5, 0.6) is 0 Å².